The SMILES string of the molecule is CC(C)Oc1ccc(C=CS(=O)(=O)NC(=O)NCCCCCCCC(=O)O)cc1. The van der Waals surface area contributed by atoms with Crippen LogP contribution in [0.25, 0.3) is 6.08 Å². The average molecular weight is 427 g/mol. The van der Waals surface area contributed by atoms with Crippen molar-refractivity contribution in [3.63, 3.8) is 0 Å². The monoisotopic (exact) mass is 426 g/mol. The van der Waals surface area contributed by atoms with Gasteiger partial charge in [-0.2, -0.15) is 0 Å². The molecule has 0 unspecified atom stereocenters. The number of rotatable bonds is 13. The summed E-state index contributed by atoms with van der Waals surface area (Å²) in [5, 5.41) is 12.0. The van der Waals surface area contributed by atoms with Crippen LogP contribution in [-0.2, 0) is 14.8 Å². The molecule has 0 atom stereocenters. The van der Waals surface area contributed by atoms with Gasteiger partial charge in [-0.1, -0.05) is 31.4 Å². The molecule has 0 aliphatic rings. The molecule has 0 saturated carbocycles. The average Bonchev–Trinajstić information content (AvgIpc) is 2.62. The third-order valence-electron chi connectivity index (χ3n) is 3.78. The molecule has 2 amide bonds. The largest absolute Gasteiger partial charge is 0.491 e. The Morgan fingerprint density at radius 1 is 1.07 bits per heavy atom. The van der Waals surface area contributed by atoms with E-state index in [0.29, 0.717) is 30.7 Å². The van der Waals surface area contributed by atoms with Crippen molar-refractivity contribution in [3.8, 4) is 5.75 Å². The van der Waals surface area contributed by atoms with Gasteiger partial charge in [-0.25, -0.2) is 17.9 Å². The highest BCUT2D eigenvalue weighted by molar-refractivity contribution is 7.93. The van der Waals surface area contributed by atoms with Crippen molar-refractivity contribution in [3.05, 3.63) is 35.2 Å². The van der Waals surface area contributed by atoms with E-state index in [0.717, 1.165) is 24.7 Å². The highest BCUT2D eigenvalue weighted by Gasteiger charge is 2.10. The maximum atomic E-state index is 12.0. The van der Waals surface area contributed by atoms with Crippen molar-refractivity contribution in [1.82, 2.24) is 10.0 Å². The molecule has 0 fully saturated rings. The Balaban J connectivity index is 2.30. The van der Waals surface area contributed by atoms with Gasteiger partial charge < -0.3 is 15.2 Å². The summed E-state index contributed by atoms with van der Waals surface area (Å²) in [6, 6.07) is 6.16. The molecular formula is C20H30N2O6S. The van der Waals surface area contributed by atoms with E-state index in [9.17, 15) is 18.0 Å². The summed E-state index contributed by atoms with van der Waals surface area (Å²) in [7, 11) is -3.90. The smallest absolute Gasteiger partial charge is 0.328 e. The first-order chi connectivity index (χ1) is 13.7. The Morgan fingerprint density at radius 2 is 1.69 bits per heavy atom. The fourth-order valence-corrected chi connectivity index (χ4v) is 3.17. The molecule has 0 aliphatic heterocycles. The summed E-state index contributed by atoms with van der Waals surface area (Å²) in [6.45, 7) is 4.18. The Bertz CT molecular complexity index is 773. The molecule has 1 aromatic carbocycles. The van der Waals surface area contributed by atoms with Crippen molar-refractivity contribution in [2.24, 2.45) is 0 Å². The lowest BCUT2D eigenvalue weighted by Crippen LogP contribution is -2.38. The van der Waals surface area contributed by atoms with E-state index >= 15 is 0 Å². The van der Waals surface area contributed by atoms with E-state index in [4.69, 9.17) is 9.84 Å². The van der Waals surface area contributed by atoms with Crippen molar-refractivity contribution in [1.29, 1.82) is 0 Å². The van der Waals surface area contributed by atoms with Crippen molar-refractivity contribution >= 4 is 28.1 Å². The lowest BCUT2D eigenvalue weighted by Gasteiger charge is -2.09. The normalized spacial score (nSPS) is 11.6. The lowest BCUT2D eigenvalue weighted by atomic mass is 10.1. The molecule has 0 spiro atoms. The van der Waals surface area contributed by atoms with Crippen molar-refractivity contribution in [2.45, 2.75) is 58.5 Å². The second-order valence-corrected chi connectivity index (χ2v) is 8.42. The van der Waals surface area contributed by atoms with Crippen LogP contribution in [-0.4, -0.2) is 38.2 Å². The summed E-state index contributed by atoms with van der Waals surface area (Å²) >= 11 is 0. The molecule has 0 aliphatic carbocycles. The van der Waals surface area contributed by atoms with E-state index in [2.05, 4.69) is 5.32 Å². The van der Waals surface area contributed by atoms with Gasteiger partial charge in [-0.15, -0.1) is 0 Å². The van der Waals surface area contributed by atoms with Gasteiger partial charge in [0.25, 0.3) is 10.0 Å². The second kappa shape index (κ2) is 12.8. The summed E-state index contributed by atoms with van der Waals surface area (Å²) < 4.78 is 31.4. The third-order valence-corrected chi connectivity index (χ3v) is 4.74. The number of unbranched alkanes of at least 4 members (excludes halogenated alkanes) is 4. The number of aliphatic carboxylic acids is 1. The highest BCUT2D eigenvalue weighted by Crippen LogP contribution is 2.15. The number of sulfonamides is 1. The minimum atomic E-state index is -3.90. The number of hydrogen-bond acceptors (Lipinski definition) is 5. The van der Waals surface area contributed by atoms with Gasteiger partial charge >= 0.3 is 12.0 Å². The van der Waals surface area contributed by atoms with Crippen LogP contribution in [0.2, 0.25) is 0 Å². The predicted octanol–water partition coefficient (Wildman–Crippen LogP) is 3.50. The molecule has 0 bridgehead atoms. The highest BCUT2D eigenvalue weighted by atomic mass is 32.2. The number of carbonyl (C=O) groups excluding carboxylic acids is 1. The van der Waals surface area contributed by atoms with E-state index in [1.807, 2.05) is 18.6 Å². The quantitative estimate of drug-likeness (QED) is 0.415. The van der Waals surface area contributed by atoms with Crippen molar-refractivity contribution in [2.75, 3.05) is 6.54 Å². The van der Waals surface area contributed by atoms with Crippen molar-refractivity contribution < 1.29 is 27.9 Å². The van der Waals surface area contributed by atoms with Crippen LogP contribution in [0.15, 0.2) is 29.7 Å². The molecule has 1 rings (SSSR count). The number of benzene rings is 1. The second-order valence-electron chi connectivity index (χ2n) is 6.85. The van der Waals surface area contributed by atoms with Crippen LogP contribution in [0.4, 0.5) is 4.79 Å². The number of nitrogens with one attached hydrogen (secondary N) is 2. The number of ether oxygens (including phenoxy) is 1. The van der Waals surface area contributed by atoms with E-state index in [-0.39, 0.29) is 12.5 Å². The molecule has 0 saturated heterocycles. The minimum Gasteiger partial charge on any atom is -0.491 e. The molecule has 0 radical (unpaired) electrons. The zero-order chi connectivity index (χ0) is 21.7. The first-order valence-corrected chi connectivity index (χ1v) is 11.2. The third kappa shape index (κ3) is 12.5. The Labute approximate surface area is 172 Å². The van der Waals surface area contributed by atoms with Gasteiger partial charge in [0.05, 0.1) is 11.5 Å². The predicted molar refractivity (Wildman–Crippen MR) is 112 cm³/mol. The molecule has 9 heteroatoms. The Kier molecular flexibility index (Phi) is 10.8. The number of amides is 2. The molecule has 0 heterocycles. The minimum absolute atomic E-state index is 0.0522. The topological polar surface area (TPSA) is 122 Å². The fraction of sp³-hybridized carbons (Fsp3) is 0.500. The molecule has 3 N–H and O–H groups in total. The zero-order valence-electron chi connectivity index (χ0n) is 16.9. The van der Waals surface area contributed by atoms with Crippen LogP contribution in [0.1, 0.15) is 57.9 Å². The van der Waals surface area contributed by atoms with Crippen LogP contribution < -0.4 is 14.8 Å². The summed E-state index contributed by atoms with van der Waals surface area (Å²) in [6.07, 6.45) is 5.48. The molecular weight excluding hydrogens is 396 g/mol. The van der Waals surface area contributed by atoms with E-state index in [1.54, 1.807) is 24.3 Å². The van der Waals surface area contributed by atoms with Gasteiger partial charge in [0.1, 0.15) is 5.75 Å². The number of carbonyl (C=O) groups is 2. The number of carboxylic acid groups (broad SMARTS) is 1. The Hall–Kier alpha value is -2.55. The lowest BCUT2D eigenvalue weighted by molar-refractivity contribution is -0.137. The summed E-state index contributed by atoms with van der Waals surface area (Å²) in [5.41, 5.74) is 0.662. The van der Waals surface area contributed by atoms with Gasteiger partial charge in [0, 0.05) is 13.0 Å². The maximum Gasteiger partial charge on any atom is 0.328 e. The standard InChI is InChI=1S/C20H30N2O6S/c1-16(2)28-18-11-9-17(10-12-18)13-15-29(26,27)22-20(25)21-14-7-5-3-4-6-8-19(23)24/h9-13,15-16H,3-8,14H2,1-2H3,(H,23,24)(H2,21,22,25). The first kappa shape index (κ1) is 24.5. The molecule has 1 aromatic rings. The fourth-order valence-electron chi connectivity index (χ4n) is 2.43. The summed E-state index contributed by atoms with van der Waals surface area (Å²) in [4.78, 5) is 22.1. The van der Waals surface area contributed by atoms with Crippen LogP contribution in [0, 0.1) is 0 Å². The first-order valence-electron chi connectivity index (χ1n) is 9.65. The van der Waals surface area contributed by atoms with Crippen LogP contribution in [0.5, 0.6) is 5.75 Å². The van der Waals surface area contributed by atoms with Crippen LogP contribution >= 0.6 is 0 Å². The number of urea groups is 1. The van der Waals surface area contributed by atoms with Gasteiger partial charge in [0.2, 0.25) is 0 Å². The van der Waals surface area contributed by atoms with Gasteiger partial charge in [0.15, 0.2) is 0 Å². The molecule has 29 heavy (non-hydrogen) atoms. The van der Waals surface area contributed by atoms with Gasteiger partial charge in [-0.3, -0.25) is 4.79 Å². The number of hydrogen-bond donors (Lipinski definition) is 3. The van der Waals surface area contributed by atoms with Gasteiger partial charge in [-0.05, 0) is 50.5 Å². The van der Waals surface area contributed by atoms with E-state index in [1.165, 1.54) is 6.08 Å². The number of carboxylic acids is 1. The maximum absolute atomic E-state index is 12.0. The van der Waals surface area contributed by atoms with Crippen LogP contribution in [0.3, 0.4) is 0 Å². The molecule has 162 valence electrons. The summed E-state index contributed by atoms with van der Waals surface area (Å²) in [5.74, 6) is -0.102. The zero-order valence-corrected chi connectivity index (χ0v) is 17.7. The van der Waals surface area contributed by atoms with E-state index < -0.39 is 22.0 Å². The Morgan fingerprint density at radius 3 is 2.31 bits per heavy atom. The molecule has 0 aromatic heterocycles. The molecule has 8 nitrogen and oxygen atoms in total.